The Hall–Kier alpha value is -1.59. The summed E-state index contributed by atoms with van der Waals surface area (Å²) in [6.07, 6.45) is 1.80. The molecule has 5 heteroatoms. The second-order valence-corrected chi connectivity index (χ2v) is 5.62. The van der Waals surface area contributed by atoms with Gasteiger partial charge < -0.3 is 15.2 Å². The fourth-order valence-corrected chi connectivity index (χ4v) is 2.75. The number of aryl methyl sites for hydroxylation is 1. The fraction of sp³-hybridized carbons (Fsp3) is 0.312. The molecule has 0 aliphatic heterocycles. The van der Waals surface area contributed by atoms with Gasteiger partial charge in [-0.3, -0.25) is 4.98 Å². The van der Waals surface area contributed by atoms with Crippen molar-refractivity contribution >= 4 is 15.9 Å². The van der Waals surface area contributed by atoms with E-state index >= 15 is 0 Å². The Bertz CT molecular complexity index is 644. The van der Waals surface area contributed by atoms with E-state index in [-0.39, 0.29) is 0 Å². The SMILES string of the molecule is COc1c(C)cnc(COc2c(Br)cccc2CN)c1C. The zero-order valence-electron chi connectivity index (χ0n) is 12.4. The number of halogens is 1. The van der Waals surface area contributed by atoms with E-state index in [2.05, 4.69) is 20.9 Å². The molecule has 0 radical (unpaired) electrons. The quantitative estimate of drug-likeness (QED) is 0.896. The van der Waals surface area contributed by atoms with Crippen LogP contribution in [0.2, 0.25) is 0 Å². The van der Waals surface area contributed by atoms with E-state index in [1.807, 2.05) is 32.0 Å². The van der Waals surface area contributed by atoms with Gasteiger partial charge in [0.25, 0.3) is 0 Å². The third-order valence-corrected chi connectivity index (χ3v) is 4.00. The number of methoxy groups -OCH3 is 1. The molecule has 112 valence electrons. The van der Waals surface area contributed by atoms with Crippen LogP contribution in [0, 0.1) is 13.8 Å². The van der Waals surface area contributed by atoms with Gasteiger partial charge in [0.05, 0.1) is 17.3 Å². The molecule has 1 aromatic heterocycles. The smallest absolute Gasteiger partial charge is 0.138 e. The van der Waals surface area contributed by atoms with Gasteiger partial charge in [-0.25, -0.2) is 0 Å². The van der Waals surface area contributed by atoms with E-state index in [9.17, 15) is 0 Å². The number of para-hydroxylation sites is 1. The average molecular weight is 351 g/mol. The predicted molar refractivity (Wildman–Crippen MR) is 86.6 cm³/mol. The van der Waals surface area contributed by atoms with Gasteiger partial charge in [-0.05, 0) is 35.8 Å². The number of benzene rings is 1. The second kappa shape index (κ2) is 6.91. The summed E-state index contributed by atoms with van der Waals surface area (Å²) in [6.45, 7) is 4.77. The van der Waals surface area contributed by atoms with E-state index < -0.39 is 0 Å². The van der Waals surface area contributed by atoms with Crippen molar-refractivity contribution in [2.75, 3.05) is 7.11 Å². The van der Waals surface area contributed by atoms with Crippen molar-refractivity contribution in [1.82, 2.24) is 4.98 Å². The third kappa shape index (κ3) is 3.36. The summed E-state index contributed by atoms with van der Waals surface area (Å²) in [5.41, 5.74) is 9.58. The van der Waals surface area contributed by atoms with E-state index in [1.54, 1.807) is 13.3 Å². The highest BCUT2D eigenvalue weighted by molar-refractivity contribution is 9.10. The van der Waals surface area contributed by atoms with Gasteiger partial charge in [0, 0.05) is 29.4 Å². The molecule has 0 saturated heterocycles. The maximum atomic E-state index is 5.92. The summed E-state index contributed by atoms with van der Waals surface area (Å²) in [4.78, 5) is 4.44. The van der Waals surface area contributed by atoms with Gasteiger partial charge >= 0.3 is 0 Å². The van der Waals surface area contributed by atoms with Crippen molar-refractivity contribution in [3.8, 4) is 11.5 Å². The maximum absolute atomic E-state index is 5.92. The summed E-state index contributed by atoms with van der Waals surface area (Å²) in [7, 11) is 1.67. The largest absolute Gasteiger partial charge is 0.496 e. The van der Waals surface area contributed by atoms with Crippen LogP contribution >= 0.6 is 15.9 Å². The van der Waals surface area contributed by atoms with Crippen LogP contribution in [-0.2, 0) is 13.2 Å². The molecule has 1 aromatic carbocycles. The first kappa shape index (κ1) is 15.8. The molecule has 1 heterocycles. The Kier molecular flexibility index (Phi) is 5.20. The fourth-order valence-electron chi connectivity index (χ4n) is 2.23. The van der Waals surface area contributed by atoms with Crippen molar-refractivity contribution in [2.24, 2.45) is 5.73 Å². The minimum absolute atomic E-state index is 0.373. The molecule has 0 unspecified atom stereocenters. The van der Waals surface area contributed by atoms with Crippen LogP contribution in [0.3, 0.4) is 0 Å². The van der Waals surface area contributed by atoms with E-state index in [0.717, 1.165) is 38.4 Å². The Morgan fingerprint density at radius 2 is 2.00 bits per heavy atom. The highest BCUT2D eigenvalue weighted by Crippen LogP contribution is 2.30. The molecule has 4 nitrogen and oxygen atoms in total. The van der Waals surface area contributed by atoms with Gasteiger partial charge in [0.1, 0.15) is 18.1 Å². The van der Waals surface area contributed by atoms with E-state index in [1.165, 1.54) is 0 Å². The molecule has 2 aromatic rings. The topological polar surface area (TPSA) is 57.4 Å². The first-order valence-corrected chi connectivity index (χ1v) is 7.47. The summed E-state index contributed by atoms with van der Waals surface area (Å²) in [5, 5.41) is 0. The summed E-state index contributed by atoms with van der Waals surface area (Å²) >= 11 is 3.49. The molecular formula is C16H19BrN2O2. The molecule has 0 aliphatic rings. The Morgan fingerprint density at radius 1 is 1.24 bits per heavy atom. The molecule has 0 atom stereocenters. The molecule has 2 N–H and O–H groups in total. The lowest BCUT2D eigenvalue weighted by Gasteiger charge is -2.15. The Balaban J connectivity index is 2.25. The summed E-state index contributed by atoms with van der Waals surface area (Å²) in [5.74, 6) is 1.62. The minimum Gasteiger partial charge on any atom is -0.496 e. The molecule has 0 amide bonds. The summed E-state index contributed by atoms with van der Waals surface area (Å²) < 4.78 is 12.2. The van der Waals surface area contributed by atoms with Crippen LogP contribution in [0.5, 0.6) is 11.5 Å². The molecule has 0 bridgehead atoms. The average Bonchev–Trinajstić information content (AvgIpc) is 2.48. The molecule has 0 aliphatic carbocycles. The van der Waals surface area contributed by atoms with Crippen LogP contribution in [0.1, 0.15) is 22.4 Å². The Morgan fingerprint density at radius 3 is 2.67 bits per heavy atom. The Labute approximate surface area is 133 Å². The lowest BCUT2D eigenvalue weighted by molar-refractivity contribution is 0.294. The number of hydrogen-bond donors (Lipinski definition) is 1. The van der Waals surface area contributed by atoms with Gasteiger partial charge in [-0.15, -0.1) is 0 Å². The maximum Gasteiger partial charge on any atom is 0.138 e. The normalized spacial score (nSPS) is 10.5. The molecule has 0 fully saturated rings. The van der Waals surface area contributed by atoms with E-state index in [0.29, 0.717) is 13.2 Å². The molecule has 0 saturated carbocycles. The van der Waals surface area contributed by atoms with Gasteiger partial charge in [-0.2, -0.15) is 0 Å². The van der Waals surface area contributed by atoms with Crippen LogP contribution < -0.4 is 15.2 Å². The lowest BCUT2D eigenvalue weighted by atomic mass is 10.1. The zero-order valence-corrected chi connectivity index (χ0v) is 14.0. The number of nitrogens with zero attached hydrogens (tertiary/aromatic N) is 1. The number of hydrogen-bond acceptors (Lipinski definition) is 4. The first-order valence-electron chi connectivity index (χ1n) is 6.67. The number of pyridine rings is 1. The summed E-state index contributed by atoms with van der Waals surface area (Å²) in [6, 6.07) is 5.83. The van der Waals surface area contributed by atoms with Crippen LogP contribution in [-0.4, -0.2) is 12.1 Å². The van der Waals surface area contributed by atoms with Gasteiger partial charge in [0.2, 0.25) is 0 Å². The molecular weight excluding hydrogens is 332 g/mol. The highest BCUT2D eigenvalue weighted by atomic mass is 79.9. The molecule has 21 heavy (non-hydrogen) atoms. The number of aromatic nitrogens is 1. The number of rotatable bonds is 5. The van der Waals surface area contributed by atoms with Crippen molar-refractivity contribution in [3.63, 3.8) is 0 Å². The first-order chi connectivity index (χ1) is 10.1. The number of nitrogens with two attached hydrogens (primary N) is 1. The van der Waals surface area contributed by atoms with Gasteiger partial charge in [-0.1, -0.05) is 12.1 Å². The monoisotopic (exact) mass is 350 g/mol. The van der Waals surface area contributed by atoms with Gasteiger partial charge in [0.15, 0.2) is 0 Å². The predicted octanol–water partition coefficient (Wildman–Crippen LogP) is 3.51. The second-order valence-electron chi connectivity index (χ2n) is 4.77. The van der Waals surface area contributed by atoms with Crippen LogP contribution in [0.15, 0.2) is 28.9 Å². The molecule has 2 rings (SSSR count). The van der Waals surface area contributed by atoms with Crippen molar-refractivity contribution < 1.29 is 9.47 Å². The van der Waals surface area contributed by atoms with Crippen molar-refractivity contribution in [2.45, 2.75) is 27.0 Å². The van der Waals surface area contributed by atoms with Crippen LogP contribution in [0.4, 0.5) is 0 Å². The molecule has 0 spiro atoms. The standard InChI is InChI=1S/C16H19BrN2O2/c1-10-8-19-14(11(2)15(10)20-3)9-21-16-12(7-18)5-4-6-13(16)17/h4-6,8H,7,9,18H2,1-3H3. The third-order valence-electron chi connectivity index (χ3n) is 3.37. The minimum atomic E-state index is 0.373. The van der Waals surface area contributed by atoms with Crippen molar-refractivity contribution in [3.05, 3.63) is 51.3 Å². The van der Waals surface area contributed by atoms with Crippen LogP contribution in [0.25, 0.3) is 0 Å². The lowest BCUT2D eigenvalue weighted by Crippen LogP contribution is -2.07. The van der Waals surface area contributed by atoms with Crippen molar-refractivity contribution in [1.29, 1.82) is 0 Å². The van der Waals surface area contributed by atoms with E-state index in [4.69, 9.17) is 15.2 Å². The zero-order chi connectivity index (χ0) is 15.4. The highest BCUT2D eigenvalue weighted by Gasteiger charge is 2.12. The number of ether oxygens (including phenoxy) is 2.